The van der Waals surface area contributed by atoms with Crippen molar-refractivity contribution >= 4 is 0 Å². The smallest absolute Gasteiger partial charge is 0.139 e. The first-order valence-corrected chi connectivity index (χ1v) is 6.97. The van der Waals surface area contributed by atoms with Gasteiger partial charge >= 0.3 is 0 Å². The summed E-state index contributed by atoms with van der Waals surface area (Å²) in [5.41, 5.74) is -0.220. The zero-order valence-corrected chi connectivity index (χ0v) is 12.3. The van der Waals surface area contributed by atoms with Gasteiger partial charge in [0.2, 0.25) is 0 Å². The molecule has 0 saturated carbocycles. The van der Waals surface area contributed by atoms with Crippen molar-refractivity contribution in [3.63, 3.8) is 0 Å². The number of nitrogens with zero attached hydrogens (tertiary/aromatic N) is 3. The molecule has 0 fully saturated rings. The van der Waals surface area contributed by atoms with E-state index >= 15 is 0 Å². The van der Waals surface area contributed by atoms with Gasteiger partial charge in [0.25, 0.3) is 0 Å². The largest absolute Gasteiger partial charge is 0.383 e. The van der Waals surface area contributed by atoms with Crippen LogP contribution < -0.4 is 0 Å². The van der Waals surface area contributed by atoms with E-state index in [1.807, 2.05) is 17.8 Å². The molecule has 18 heavy (non-hydrogen) atoms. The van der Waals surface area contributed by atoms with Crippen LogP contribution in [0.4, 0.5) is 0 Å². The zero-order chi connectivity index (χ0) is 13.8. The van der Waals surface area contributed by atoms with E-state index in [1.54, 1.807) is 6.20 Å². The van der Waals surface area contributed by atoms with Gasteiger partial charge in [0.15, 0.2) is 0 Å². The van der Waals surface area contributed by atoms with Gasteiger partial charge in [-0.1, -0.05) is 27.7 Å². The Labute approximate surface area is 111 Å². The lowest BCUT2D eigenvalue weighted by atomic mass is 9.83. The molecule has 0 amide bonds. The lowest BCUT2D eigenvalue weighted by Crippen LogP contribution is -2.52. The Morgan fingerprint density at radius 3 is 2.17 bits per heavy atom. The normalized spacial score (nSPS) is 14.2. The molecule has 0 aliphatic heterocycles. The maximum atomic E-state index is 10.8. The Morgan fingerprint density at radius 2 is 1.83 bits per heavy atom. The molecule has 1 aromatic heterocycles. The molecular formula is C14H27N3O. The highest BCUT2D eigenvalue weighted by molar-refractivity contribution is 5.07. The number of rotatable bonds is 7. The van der Waals surface area contributed by atoms with E-state index < -0.39 is 6.10 Å². The van der Waals surface area contributed by atoms with Crippen LogP contribution in [0.2, 0.25) is 0 Å². The average molecular weight is 253 g/mol. The van der Waals surface area contributed by atoms with Crippen LogP contribution in [0.5, 0.6) is 0 Å². The summed E-state index contributed by atoms with van der Waals surface area (Å²) in [6.45, 7) is 10.5. The maximum absolute atomic E-state index is 10.8. The van der Waals surface area contributed by atoms with Gasteiger partial charge in [-0.3, -0.25) is 4.90 Å². The third kappa shape index (κ3) is 2.45. The number of hydrogen-bond donors (Lipinski definition) is 1. The Hall–Kier alpha value is -0.870. The minimum absolute atomic E-state index is 0.220. The van der Waals surface area contributed by atoms with E-state index in [0.717, 1.165) is 31.8 Å². The van der Waals surface area contributed by atoms with Gasteiger partial charge in [-0.2, -0.15) is 0 Å². The van der Waals surface area contributed by atoms with Crippen molar-refractivity contribution in [1.29, 1.82) is 0 Å². The fraction of sp³-hybridized carbons (Fsp3) is 0.786. The maximum Gasteiger partial charge on any atom is 0.139 e. The van der Waals surface area contributed by atoms with Gasteiger partial charge in [0.05, 0.1) is 5.54 Å². The van der Waals surface area contributed by atoms with Crippen LogP contribution in [0, 0.1) is 0 Å². The van der Waals surface area contributed by atoms with Crippen LogP contribution in [-0.4, -0.2) is 38.2 Å². The second-order valence-electron chi connectivity index (χ2n) is 4.78. The van der Waals surface area contributed by atoms with Gasteiger partial charge in [-0.25, -0.2) is 4.98 Å². The van der Waals surface area contributed by atoms with Crippen molar-refractivity contribution in [3.05, 3.63) is 18.2 Å². The molecule has 0 aromatic carbocycles. The second kappa shape index (κ2) is 6.34. The van der Waals surface area contributed by atoms with Crippen LogP contribution in [-0.2, 0) is 7.05 Å². The molecule has 1 heterocycles. The number of aliphatic hydroxyl groups excluding tert-OH is 1. The van der Waals surface area contributed by atoms with Gasteiger partial charge in [0, 0.05) is 19.4 Å². The number of aliphatic hydroxyl groups is 1. The summed E-state index contributed by atoms with van der Waals surface area (Å²) in [5.74, 6) is 0.755. The van der Waals surface area contributed by atoms with Gasteiger partial charge < -0.3 is 9.67 Å². The predicted octanol–water partition coefficient (Wildman–Crippen LogP) is 2.35. The molecule has 4 nitrogen and oxygen atoms in total. The summed E-state index contributed by atoms with van der Waals surface area (Å²) < 4.78 is 1.91. The van der Waals surface area contributed by atoms with E-state index in [9.17, 15) is 5.11 Å². The Kier molecular flexibility index (Phi) is 5.35. The fourth-order valence-corrected chi connectivity index (χ4v) is 2.99. The van der Waals surface area contributed by atoms with Crippen molar-refractivity contribution in [2.24, 2.45) is 7.05 Å². The highest BCUT2D eigenvalue weighted by Crippen LogP contribution is 2.36. The van der Waals surface area contributed by atoms with E-state index in [-0.39, 0.29) is 5.54 Å². The SMILES string of the molecule is CCN(CC)C(CC)(CC)C(O)c1nccn1C. The van der Waals surface area contributed by atoms with E-state index in [0.29, 0.717) is 0 Å². The average Bonchev–Trinajstić information content (AvgIpc) is 2.81. The molecule has 4 heteroatoms. The fourth-order valence-electron chi connectivity index (χ4n) is 2.99. The second-order valence-corrected chi connectivity index (χ2v) is 4.78. The van der Waals surface area contributed by atoms with Gasteiger partial charge in [-0.05, 0) is 25.9 Å². The molecule has 0 saturated heterocycles. The molecular weight excluding hydrogens is 226 g/mol. The summed E-state index contributed by atoms with van der Waals surface area (Å²) in [5, 5.41) is 10.8. The third-order valence-electron chi connectivity index (χ3n) is 4.23. The summed E-state index contributed by atoms with van der Waals surface area (Å²) in [6, 6.07) is 0. The Morgan fingerprint density at radius 1 is 1.28 bits per heavy atom. The van der Waals surface area contributed by atoms with Crippen LogP contribution in [0.1, 0.15) is 52.5 Å². The molecule has 0 spiro atoms. The van der Waals surface area contributed by atoms with Crippen LogP contribution in [0.25, 0.3) is 0 Å². The monoisotopic (exact) mass is 253 g/mol. The van der Waals surface area contributed by atoms with Gasteiger partial charge in [-0.15, -0.1) is 0 Å². The summed E-state index contributed by atoms with van der Waals surface area (Å²) in [4.78, 5) is 6.67. The van der Waals surface area contributed by atoms with Crippen LogP contribution in [0.15, 0.2) is 12.4 Å². The minimum Gasteiger partial charge on any atom is -0.383 e. The van der Waals surface area contributed by atoms with Crippen LogP contribution in [0.3, 0.4) is 0 Å². The van der Waals surface area contributed by atoms with E-state index in [2.05, 4.69) is 37.6 Å². The predicted molar refractivity (Wildman–Crippen MR) is 74.4 cm³/mol. The topological polar surface area (TPSA) is 41.3 Å². The molecule has 1 N–H and O–H groups in total. The number of hydrogen-bond acceptors (Lipinski definition) is 3. The summed E-state index contributed by atoms with van der Waals surface area (Å²) >= 11 is 0. The number of aromatic nitrogens is 2. The van der Waals surface area contributed by atoms with Gasteiger partial charge in [0.1, 0.15) is 11.9 Å². The molecule has 1 rings (SSSR count). The molecule has 0 radical (unpaired) electrons. The molecule has 104 valence electrons. The third-order valence-corrected chi connectivity index (χ3v) is 4.23. The molecule has 1 atom stereocenters. The van der Waals surface area contributed by atoms with Crippen LogP contribution >= 0.6 is 0 Å². The van der Waals surface area contributed by atoms with E-state index in [4.69, 9.17) is 0 Å². The highest BCUT2D eigenvalue weighted by Gasteiger charge is 2.41. The molecule has 0 aliphatic rings. The molecule has 0 bridgehead atoms. The molecule has 1 aromatic rings. The minimum atomic E-state index is -0.549. The molecule has 1 unspecified atom stereocenters. The Balaban J connectivity index is 3.15. The standard InChI is InChI=1S/C14H27N3O/c1-6-14(7-2,17(8-3)9-4)12(18)13-15-10-11-16(13)5/h10-12,18H,6-9H2,1-5H3. The first-order valence-electron chi connectivity index (χ1n) is 6.97. The number of aryl methyl sites for hydroxylation is 1. The van der Waals surface area contributed by atoms with Crippen molar-refractivity contribution in [3.8, 4) is 0 Å². The summed E-state index contributed by atoms with van der Waals surface area (Å²) in [6.07, 6.45) is 4.92. The first-order chi connectivity index (χ1) is 8.57. The first kappa shape index (κ1) is 15.2. The number of imidazole rings is 1. The zero-order valence-electron chi connectivity index (χ0n) is 12.3. The number of likely N-dealkylation sites (N-methyl/N-ethyl adjacent to an activating group) is 1. The summed E-state index contributed by atoms with van der Waals surface area (Å²) in [7, 11) is 1.93. The van der Waals surface area contributed by atoms with Crippen molar-refractivity contribution in [1.82, 2.24) is 14.5 Å². The molecule has 0 aliphatic carbocycles. The van der Waals surface area contributed by atoms with Crippen molar-refractivity contribution in [2.45, 2.75) is 52.2 Å². The lowest BCUT2D eigenvalue weighted by molar-refractivity contribution is -0.0421. The van der Waals surface area contributed by atoms with E-state index in [1.165, 1.54) is 0 Å². The Bertz CT molecular complexity index is 354. The van der Waals surface area contributed by atoms with Crippen molar-refractivity contribution in [2.75, 3.05) is 13.1 Å². The highest BCUT2D eigenvalue weighted by atomic mass is 16.3. The van der Waals surface area contributed by atoms with Crippen molar-refractivity contribution < 1.29 is 5.11 Å². The lowest BCUT2D eigenvalue weighted by Gasteiger charge is -2.45. The quantitative estimate of drug-likeness (QED) is 0.811.